The summed E-state index contributed by atoms with van der Waals surface area (Å²) in [6, 6.07) is 8.06. The number of aromatic nitrogens is 1. The smallest absolute Gasteiger partial charge is 0.224 e. The molecule has 0 spiro atoms. The van der Waals surface area contributed by atoms with E-state index in [-0.39, 0.29) is 0 Å². The van der Waals surface area contributed by atoms with Crippen LogP contribution in [0.15, 0.2) is 24.3 Å². The van der Waals surface area contributed by atoms with Gasteiger partial charge >= 0.3 is 0 Å². The van der Waals surface area contributed by atoms with Crippen molar-refractivity contribution in [3.63, 3.8) is 0 Å². The van der Waals surface area contributed by atoms with Gasteiger partial charge in [-0.1, -0.05) is 6.07 Å². The average molecular weight is 256 g/mol. The standard InChI is InChI=1S/C16H20N2O/c1-10-5-6-14(8-11(10)2)19-16-15(9-17)12(3)7-13(4)18-16/h5-8H,9,17H2,1-4H3. The molecule has 3 heteroatoms. The molecular formula is C16H20N2O. The highest BCUT2D eigenvalue weighted by Crippen LogP contribution is 2.27. The molecule has 0 aliphatic rings. The summed E-state index contributed by atoms with van der Waals surface area (Å²) in [5.41, 5.74) is 11.3. The van der Waals surface area contributed by atoms with Crippen molar-refractivity contribution in [2.75, 3.05) is 0 Å². The third-order valence-electron chi connectivity index (χ3n) is 3.33. The van der Waals surface area contributed by atoms with Crippen molar-refractivity contribution < 1.29 is 4.74 Å². The molecule has 0 amide bonds. The van der Waals surface area contributed by atoms with Gasteiger partial charge in [-0.15, -0.1) is 0 Å². The van der Waals surface area contributed by atoms with Crippen LogP contribution in [0.25, 0.3) is 0 Å². The Balaban J connectivity index is 2.39. The maximum atomic E-state index is 5.91. The molecule has 0 atom stereocenters. The van der Waals surface area contributed by atoms with Crippen LogP contribution in [0, 0.1) is 27.7 Å². The van der Waals surface area contributed by atoms with E-state index in [1.54, 1.807) is 0 Å². The first kappa shape index (κ1) is 13.6. The van der Waals surface area contributed by atoms with E-state index in [1.807, 2.05) is 32.0 Å². The number of nitrogens with zero attached hydrogens (tertiary/aromatic N) is 1. The number of aryl methyl sites for hydroxylation is 4. The van der Waals surface area contributed by atoms with E-state index in [2.05, 4.69) is 24.9 Å². The Labute approximate surface area is 114 Å². The molecule has 0 unspecified atom stereocenters. The molecule has 2 N–H and O–H groups in total. The van der Waals surface area contributed by atoms with Crippen LogP contribution >= 0.6 is 0 Å². The van der Waals surface area contributed by atoms with Crippen LogP contribution in [0.3, 0.4) is 0 Å². The molecule has 0 bridgehead atoms. The zero-order valence-electron chi connectivity index (χ0n) is 11.9. The predicted molar refractivity (Wildman–Crippen MR) is 77.6 cm³/mol. The van der Waals surface area contributed by atoms with E-state index in [0.29, 0.717) is 12.4 Å². The lowest BCUT2D eigenvalue weighted by Gasteiger charge is -2.13. The van der Waals surface area contributed by atoms with Crippen LogP contribution in [-0.4, -0.2) is 4.98 Å². The second-order valence-corrected chi connectivity index (χ2v) is 4.92. The topological polar surface area (TPSA) is 48.1 Å². The fourth-order valence-electron chi connectivity index (χ4n) is 2.05. The van der Waals surface area contributed by atoms with Crippen LogP contribution in [0.1, 0.15) is 27.9 Å². The van der Waals surface area contributed by atoms with E-state index in [9.17, 15) is 0 Å². The van der Waals surface area contributed by atoms with Gasteiger partial charge in [0.15, 0.2) is 0 Å². The second kappa shape index (κ2) is 5.41. The summed E-state index contributed by atoms with van der Waals surface area (Å²) in [4.78, 5) is 4.45. The van der Waals surface area contributed by atoms with E-state index < -0.39 is 0 Å². The molecule has 1 aromatic carbocycles. The van der Waals surface area contributed by atoms with Crippen LogP contribution in [0.4, 0.5) is 0 Å². The first-order chi connectivity index (χ1) is 9.01. The van der Waals surface area contributed by atoms with Crippen molar-refractivity contribution in [1.29, 1.82) is 0 Å². The molecule has 2 aromatic rings. The Morgan fingerprint density at radius 1 is 1.00 bits per heavy atom. The van der Waals surface area contributed by atoms with Crippen LogP contribution < -0.4 is 10.5 Å². The quantitative estimate of drug-likeness (QED) is 0.913. The number of pyridine rings is 1. The normalized spacial score (nSPS) is 10.6. The van der Waals surface area contributed by atoms with Crippen molar-refractivity contribution in [2.45, 2.75) is 34.2 Å². The second-order valence-electron chi connectivity index (χ2n) is 4.92. The summed E-state index contributed by atoms with van der Waals surface area (Å²) < 4.78 is 5.91. The lowest BCUT2D eigenvalue weighted by molar-refractivity contribution is 0.454. The van der Waals surface area contributed by atoms with Crippen LogP contribution in [0.2, 0.25) is 0 Å². The molecule has 0 aliphatic carbocycles. The Morgan fingerprint density at radius 3 is 2.37 bits per heavy atom. The van der Waals surface area contributed by atoms with Crippen LogP contribution in [0.5, 0.6) is 11.6 Å². The molecule has 1 aromatic heterocycles. The van der Waals surface area contributed by atoms with Crippen LogP contribution in [-0.2, 0) is 6.54 Å². The summed E-state index contributed by atoms with van der Waals surface area (Å²) in [5.74, 6) is 1.42. The Bertz CT molecular complexity index is 606. The minimum absolute atomic E-state index is 0.430. The Morgan fingerprint density at radius 2 is 1.74 bits per heavy atom. The highest BCUT2D eigenvalue weighted by molar-refractivity contribution is 5.40. The molecule has 0 saturated carbocycles. The summed E-state index contributed by atoms with van der Waals surface area (Å²) in [6.45, 7) is 8.57. The average Bonchev–Trinajstić information content (AvgIpc) is 2.33. The maximum Gasteiger partial charge on any atom is 0.224 e. The van der Waals surface area contributed by atoms with Gasteiger partial charge in [-0.25, -0.2) is 4.98 Å². The highest BCUT2D eigenvalue weighted by Gasteiger charge is 2.10. The molecule has 19 heavy (non-hydrogen) atoms. The van der Waals surface area contributed by atoms with E-state index in [4.69, 9.17) is 10.5 Å². The maximum absolute atomic E-state index is 5.91. The predicted octanol–water partition coefficient (Wildman–Crippen LogP) is 3.57. The fourth-order valence-corrected chi connectivity index (χ4v) is 2.05. The Hall–Kier alpha value is -1.87. The van der Waals surface area contributed by atoms with E-state index >= 15 is 0 Å². The van der Waals surface area contributed by atoms with Gasteiger partial charge in [0, 0.05) is 17.8 Å². The van der Waals surface area contributed by atoms with E-state index in [1.165, 1.54) is 11.1 Å². The van der Waals surface area contributed by atoms with Gasteiger partial charge in [-0.3, -0.25) is 0 Å². The minimum Gasteiger partial charge on any atom is -0.439 e. The summed E-state index contributed by atoms with van der Waals surface area (Å²) in [7, 11) is 0. The Kier molecular flexibility index (Phi) is 3.86. The largest absolute Gasteiger partial charge is 0.439 e. The van der Waals surface area contributed by atoms with Gasteiger partial charge in [-0.2, -0.15) is 0 Å². The summed E-state index contributed by atoms with van der Waals surface area (Å²) in [6.07, 6.45) is 0. The van der Waals surface area contributed by atoms with Gasteiger partial charge < -0.3 is 10.5 Å². The minimum atomic E-state index is 0.430. The lowest BCUT2D eigenvalue weighted by atomic mass is 10.1. The zero-order chi connectivity index (χ0) is 14.0. The number of nitrogens with two attached hydrogens (primary N) is 1. The first-order valence-corrected chi connectivity index (χ1v) is 6.43. The van der Waals surface area contributed by atoms with Gasteiger partial charge in [0.1, 0.15) is 5.75 Å². The van der Waals surface area contributed by atoms with Crippen molar-refractivity contribution in [1.82, 2.24) is 4.98 Å². The number of benzene rings is 1. The molecule has 1 heterocycles. The van der Waals surface area contributed by atoms with Crippen molar-refractivity contribution >= 4 is 0 Å². The molecule has 0 fully saturated rings. The van der Waals surface area contributed by atoms with E-state index in [0.717, 1.165) is 22.6 Å². The summed E-state index contributed by atoms with van der Waals surface area (Å²) in [5, 5.41) is 0. The zero-order valence-corrected chi connectivity index (χ0v) is 11.9. The SMILES string of the molecule is Cc1cc(C)c(CN)c(Oc2ccc(C)c(C)c2)n1. The molecule has 3 nitrogen and oxygen atoms in total. The van der Waals surface area contributed by atoms with Crippen molar-refractivity contribution in [2.24, 2.45) is 5.73 Å². The van der Waals surface area contributed by atoms with Gasteiger partial charge in [0.2, 0.25) is 5.88 Å². The van der Waals surface area contributed by atoms with Gasteiger partial charge in [0.25, 0.3) is 0 Å². The number of ether oxygens (including phenoxy) is 1. The molecular weight excluding hydrogens is 236 g/mol. The number of hydrogen-bond donors (Lipinski definition) is 1. The molecule has 100 valence electrons. The van der Waals surface area contributed by atoms with Crippen molar-refractivity contribution in [3.8, 4) is 11.6 Å². The molecule has 0 aliphatic heterocycles. The third-order valence-corrected chi connectivity index (χ3v) is 3.33. The highest BCUT2D eigenvalue weighted by atomic mass is 16.5. The molecule has 2 rings (SSSR count). The van der Waals surface area contributed by atoms with Crippen molar-refractivity contribution in [3.05, 3.63) is 52.2 Å². The number of hydrogen-bond acceptors (Lipinski definition) is 3. The van der Waals surface area contributed by atoms with Gasteiger partial charge in [-0.05, 0) is 62.6 Å². The molecule has 0 saturated heterocycles. The monoisotopic (exact) mass is 256 g/mol. The third kappa shape index (κ3) is 2.93. The van der Waals surface area contributed by atoms with Gasteiger partial charge in [0.05, 0.1) is 0 Å². The summed E-state index contributed by atoms with van der Waals surface area (Å²) >= 11 is 0. The lowest BCUT2D eigenvalue weighted by Crippen LogP contribution is -2.05. The first-order valence-electron chi connectivity index (χ1n) is 6.43. The fraction of sp³-hybridized carbons (Fsp3) is 0.312. The number of rotatable bonds is 3. The molecule has 0 radical (unpaired) electrons.